The van der Waals surface area contributed by atoms with Gasteiger partial charge >= 0.3 is 0 Å². The number of aryl methyl sites for hydroxylation is 1. The molecule has 1 saturated heterocycles. The van der Waals surface area contributed by atoms with Crippen molar-refractivity contribution in [1.82, 2.24) is 29.6 Å². The van der Waals surface area contributed by atoms with Crippen molar-refractivity contribution < 1.29 is 4.74 Å². The zero-order valence-electron chi connectivity index (χ0n) is 12.6. The normalized spacial score (nSPS) is 20.0. The lowest BCUT2D eigenvalue weighted by atomic mass is 10.0. The second-order valence-electron chi connectivity index (χ2n) is 5.55. The van der Waals surface area contributed by atoms with Crippen LogP contribution in [0.3, 0.4) is 0 Å². The fraction of sp³-hybridized carbons (Fsp3) is 0.643. The van der Waals surface area contributed by atoms with Gasteiger partial charge in [-0.25, -0.2) is 9.97 Å². The van der Waals surface area contributed by atoms with Crippen LogP contribution in [0.5, 0.6) is 0 Å². The molecule has 0 amide bonds. The Hall–Kier alpha value is -1.73. The number of methoxy groups -OCH3 is 1. The van der Waals surface area contributed by atoms with E-state index < -0.39 is 0 Å². The number of rotatable bonds is 5. The van der Waals surface area contributed by atoms with Crippen molar-refractivity contribution in [3.05, 3.63) is 29.9 Å². The van der Waals surface area contributed by atoms with Gasteiger partial charge in [0.15, 0.2) is 11.6 Å². The van der Waals surface area contributed by atoms with E-state index in [-0.39, 0.29) is 6.04 Å². The van der Waals surface area contributed by atoms with Crippen LogP contribution in [0.1, 0.15) is 42.6 Å². The van der Waals surface area contributed by atoms with Crippen molar-refractivity contribution in [3.8, 4) is 0 Å². The van der Waals surface area contributed by atoms with Gasteiger partial charge < -0.3 is 9.30 Å². The van der Waals surface area contributed by atoms with Gasteiger partial charge in [-0.3, -0.25) is 10.00 Å². The van der Waals surface area contributed by atoms with E-state index in [0.29, 0.717) is 6.61 Å². The number of aromatic amines is 1. The smallest absolute Gasteiger partial charge is 0.167 e. The molecular formula is C14H22N6O. The van der Waals surface area contributed by atoms with E-state index >= 15 is 0 Å². The number of likely N-dealkylation sites (tertiary alicyclic amines) is 1. The molecule has 1 N–H and O–H groups in total. The van der Waals surface area contributed by atoms with Gasteiger partial charge in [0.1, 0.15) is 6.61 Å². The van der Waals surface area contributed by atoms with Crippen molar-refractivity contribution in [1.29, 1.82) is 0 Å². The van der Waals surface area contributed by atoms with E-state index in [1.165, 1.54) is 18.5 Å². The third-order valence-corrected chi connectivity index (χ3v) is 4.02. The molecule has 0 radical (unpaired) electrons. The fourth-order valence-corrected chi connectivity index (χ4v) is 2.88. The third kappa shape index (κ3) is 3.14. The summed E-state index contributed by atoms with van der Waals surface area (Å²) >= 11 is 0. The Morgan fingerprint density at radius 3 is 3.10 bits per heavy atom. The quantitative estimate of drug-likeness (QED) is 0.901. The highest BCUT2D eigenvalue weighted by molar-refractivity contribution is 5.03. The van der Waals surface area contributed by atoms with E-state index in [2.05, 4.69) is 29.6 Å². The van der Waals surface area contributed by atoms with Crippen LogP contribution >= 0.6 is 0 Å². The first-order valence-electron chi connectivity index (χ1n) is 7.37. The summed E-state index contributed by atoms with van der Waals surface area (Å²) in [6, 6.07) is 0.274. The van der Waals surface area contributed by atoms with E-state index in [1.807, 2.05) is 19.6 Å². The molecule has 2 aromatic heterocycles. The molecule has 1 aliphatic rings. The van der Waals surface area contributed by atoms with Crippen molar-refractivity contribution in [2.75, 3.05) is 13.7 Å². The first kappa shape index (κ1) is 14.2. The molecule has 21 heavy (non-hydrogen) atoms. The predicted molar refractivity (Wildman–Crippen MR) is 77.3 cm³/mol. The van der Waals surface area contributed by atoms with Crippen LogP contribution in [0.15, 0.2) is 12.5 Å². The molecule has 1 atom stereocenters. The van der Waals surface area contributed by atoms with Gasteiger partial charge in [0, 0.05) is 26.9 Å². The lowest BCUT2D eigenvalue weighted by molar-refractivity contribution is 0.131. The average Bonchev–Trinajstić information content (AvgIpc) is 3.10. The Balaban J connectivity index is 1.75. The first-order chi connectivity index (χ1) is 10.3. The summed E-state index contributed by atoms with van der Waals surface area (Å²) in [5, 5.41) is 7.34. The molecule has 0 saturated carbocycles. The molecule has 7 heteroatoms. The number of nitrogens with one attached hydrogen (secondary N) is 1. The first-order valence-corrected chi connectivity index (χ1v) is 7.37. The molecule has 114 valence electrons. The monoisotopic (exact) mass is 290 g/mol. The van der Waals surface area contributed by atoms with Crippen molar-refractivity contribution in [3.63, 3.8) is 0 Å². The summed E-state index contributed by atoms with van der Waals surface area (Å²) in [6.45, 7) is 2.43. The van der Waals surface area contributed by atoms with Crippen molar-refractivity contribution in [2.24, 2.45) is 7.05 Å². The van der Waals surface area contributed by atoms with E-state index in [0.717, 1.165) is 31.2 Å². The number of ether oxygens (including phenoxy) is 1. The molecule has 1 aliphatic heterocycles. The number of H-pyrrole nitrogens is 1. The Morgan fingerprint density at radius 1 is 1.43 bits per heavy atom. The van der Waals surface area contributed by atoms with Gasteiger partial charge in [0.2, 0.25) is 0 Å². The zero-order valence-corrected chi connectivity index (χ0v) is 12.6. The minimum atomic E-state index is 0.274. The van der Waals surface area contributed by atoms with Crippen molar-refractivity contribution in [2.45, 2.75) is 38.5 Å². The topological polar surface area (TPSA) is 71.9 Å². The molecule has 0 spiro atoms. The van der Waals surface area contributed by atoms with Gasteiger partial charge in [-0.05, 0) is 19.4 Å². The van der Waals surface area contributed by atoms with Crippen LogP contribution in [0.4, 0.5) is 0 Å². The van der Waals surface area contributed by atoms with E-state index in [1.54, 1.807) is 7.11 Å². The maximum atomic E-state index is 5.10. The van der Waals surface area contributed by atoms with Crippen molar-refractivity contribution >= 4 is 0 Å². The Bertz CT molecular complexity index is 578. The maximum Gasteiger partial charge on any atom is 0.167 e. The Kier molecular flexibility index (Phi) is 4.31. The molecule has 3 heterocycles. The van der Waals surface area contributed by atoms with Gasteiger partial charge in [0.05, 0.1) is 18.1 Å². The fourth-order valence-electron chi connectivity index (χ4n) is 2.88. The second-order valence-corrected chi connectivity index (χ2v) is 5.55. The molecule has 7 nitrogen and oxygen atoms in total. The van der Waals surface area contributed by atoms with Crippen LogP contribution in [0, 0.1) is 0 Å². The minimum Gasteiger partial charge on any atom is -0.377 e. The number of aromatic nitrogens is 5. The van der Waals surface area contributed by atoms with E-state index in [9.17, 15) is 0 Å². The summed E-state index contributed by atoms with van der Waals surface area (Å²) in [7, 11) is 3.70. The third-order valence-electron chi connectivity index (χ3n) is 4.02. The number of hydrogen-bond acceptors (Lipinski definition) is 5. The number of nitrogens with zero attached hydrogens (tertiary/aromatic N) is 5. The standard InChI is InChI=1S/C14H22N6O/c1-19-10-15-7-11(19)8-20-6-4-3-5-12(20)14-16-13(9-21-2)17-18-14/h7,10,12H,3-6,8-9H2,1-2H3,(H,16,17,18)/t12-/m1/s1. The molecular weight excluding hydrogens is 268 g/mol. The molecule has 0 unspecified atom stereocenters. The molecule has 1 fully saturated rings. The van der Waals surface area contributed by atoms with Gasteiger partial charge in [-0.2, -0.15) is 5.10 Å². The van der Waals surface area contributed by atoms with Crippen LogP contribution < -0.4 is 0 Å². The minimum absolute atomic E-state index is 0.274. The number of piperidine rings is 1. The SMILES string of the molecule is COCc1nc([C@H]2CCCCN2Cc2cncn2C)n[nH]1. The molecule has 3 rings (SSSR count). The molecule has 0 aromatic carbocycles. The van der Waals surface area contributed by atoms with Crippen LogP contribution in [-0.4, -0.2) is 43.3 Å². The van der Waals surface area contributed by atoms with Crippen LogP contribution in [0.2, 0.25) is 0 Å². The molecule has 0 aliphatic carbocycles. The largest absolute Gasteiger partial charge is 0.377 e. The van der Waals surface area contributed by atoms with E-state index in [4.69, 9.17) is 4.74 Å². The highest BCUT2D eigenvalue weighted by Gasteiger charge is 2.27. The average molecular weight is 290 g/mol. The summed E-state index contributed by atoms with van der Waals surface area (Å²) in [4.78, 5) is 11.2. The predicted octanol–water partition coefficient (Wildman–Crippen LogP) is 1.41. The summed E-state index contributed by atoms with van der Waals surface area (Å²) in [5.41, 5.74) is 1.22. The van der Waals surface area contributed by atoms with Gasteiger partial charge in [-0.1, -0.05) is 6.42 Å². The van der Waals surface area contributed by atoms with Crippen LogP contribution in [-0.2, 0) is 24.9 Å². The zero-order chi connectivity index (χ0) is 14.7. The second kappa shape index (κ2) is 6.36. The number of hydrogen-bond donors (Lipinski definition) is 1. The summed E-state index contributed by atoms with van der Waals surface area (Å²) < 4.78 is 7.17. The highest BCUT2D eigenvalue weighted by Crippen LogP contribution is 2.30. The Morgan fingerprint density at radius 2 is 2.33 bits per heavy atom. The van der Waals surface area contributed by atoms with Crippen LogP contribution in [0.25, 0.3) is 0 Å². The van der Waals surface area contributed by atoms with Gasteiger partial charge in [0.25, 0.3) is 0 Å². The molecule has 2 aromatic rings. The maximum absolute atomic E-state index is 5.10. The lowest BCUT2D eigenvalue weighted by Crippen LogP contribution is -2.34. The Labute approximate surface area is 124 Å². The molecule has 0 bridgehead atoms. The van der Waals surface area contributed by atoms with Gasteiger partial charge in [-0.15, -0.1) is 0 Å². The lowest BCUT2D eigenvalue weighted by Gasteiger charge is -2.33. The summed E-state index contributed by atoms with van der Waals surface area (Å²) in [5.74, 6) is 1.67. The number of imidazole rings is 1. The summed E-state index contributed by atoms with van der Waals surface area (Å²) in [6.07, 6.45) is 7.32. The highest BCUT2D eigenvalue weighted by atomic mass is 16.5.